The lowest BCUT2D eigenvalue weighted by Crippen LogP contribution is -2.19. The highest BCUT2D eigenvalue weighted by atomic mass is 15.0. The number of aromatic nitrogens is 1. The smallest absolute Gasteiger partial charge is 0.144 e. The number of anilines is 1. The van der Waals surface area contributed by atoms with E-state index in [9.17, 15) is 0 Å². The predicted octanol–water partition coefficient (Wildman–Crippen LogP) is 1.41. The quantitative estimate of drug-likeness (QED) is 0.777. The molecule has 0 fully saturated rings. The Morgan fingerprint density at radius 2 is 2.40 bits per heavy atom. The Hall–Kier alpha value is -1.60. The highest BCUT2D eigenvalue weighted by Crippen LogP contribution is 2.14. The summed E-state index contributed by atoms with van der Waals surface area (Å²) in [5.74, 6) is 0.651. The van der Waals surface area contributed by atoms with Crippen molar-refractivity contribution in [3.8, 4) is 6.07 Å². The number of aryl methyl sites for hydroxylation is 1. The van der Waals surface area contributed by atoms with E-state index >= 15 is 0 Å². The normalized spacial score (nSPS) is 11.9. The lowest BCUT2D eigenvalue weighted by Gasteiger charge is -2.09. The van der Waals surface area contributed by atoms with Crippen molar-refractivity contribution in [2.75, 3.05) is 11.9 Å². The van der Waals surface area contributed by atoms with E-state index in [0.717, 1.165) is 18.5 Å². The fourth-order valence-electron chi connectivity index (χ4n) is 1.25. The van der Waals surface area contributed by atoms with Crippen molar-refractivity contribution in [3.05, 3.63) is 23.4 Å². The second kappa shape index (κ2) is 5.32. The van der Waals surface area contributed by atoms with Crippen LogP contribution in [0.15, 0.2) is 12.3 Å². The third-order valence-electron chi connectivity index (χ3n) is 2.16. The van der Waals surface area contributed by atoms with Crippen LogP contribution in [-0.2, 0) is 0 Å². The van der Waals surface area contributed by atoms with Crippen molar-refractivity contribution in [3.63, 3.8) is 0 Å². The maximum atomic E-state index is 8.95. The van der Waals surface area contributed by atoms with E-state index in [-0.39, 0.29) is 6.04 Å². The standard InChI is InChI=1S/C11H16N4/c1-8-3-5-14-11(10(8)7-12)15-6-4-9(2)13/h3,5,9H,4,6,13H2,1-2H3,(H,14,15). The molecule has 0 aliphatic rings. The number of nitriles is 1. The fraction of sp³-hybridized carbons (Fsp3) is 0.455. The largest absolute Gasteiger partial charge is 0.369 e. The average molecular weight is 204 g/mol. The molecule has 1 rings (SSSR count). The molecule has 1 atom stereocenters. The predicted molar refractivity (Wildman–Crippen MR) is 60.4 cm³/mol. The van der Waals surface area contributed by atoms with Gasteiger partial charge in [-0.15, -0.1) is 0 Å². The first-order valence-corrected chi connectivity index (χ1v) is 5.00. The Morgan fingerprint density at radius 3 is 3.00 bits per heavy atom. The summed E-state index contributed by atoms with van der Waals surface area (Å²) >= 11 is 0. The number of nitrogens with one attached hydrogen (secondary N) is 1. The number of rotatable bonds is 4. The monoisotopic (exact) mass is 204 g/mol. The second-order valence-electron chi connectivity index (χ2n) is 3.66. The van der Waals surface area contributed by atoms with Gasteiger partial charge < -0.3 is 11.1 Å². The van der Waals surface area contributed by atoms with Crippen LogP contribution in [0.1, 0.15) is 24.5 Å². The molecule has 80 valence electrons. The highest BCUT2D eigenvalue weighted by Gasteiger charge is 2.05. The minimum atomic E-state index is 0.160. The van der Waals surface area contributed by atoms with Crippen LogP contribution in [0, 0.1) is 18.3 Å². The van der Waals surface area contributed by atoms with E-state index in [1.54, 1.807) is 6.20 Å². The van der Waals surface area contributed by atoms with Crippen molar-refractivity contribution in [1.82, 2.24) is 4.98 Å². The average Bonchev–Trinajstić information content (AvgIpc) is 2.17. The van der Waals surface area contributed by atoms with Crippen LogP contribution >= 0.6 is 0 Å². The van der Waals surface area contributed by atoms with Gasteiger partial charge in [0.15, 0.2) is 0 Å². The third-order valence-corrected chi connectivity index (χ3v) is 2.16. The molecule has 0 bridgehead atoms. The molecule has 0 saturated carbocycles. The summed E-state index contributed by atoms with van der Waals surface area (Å²) in [6.45, 7) is 4.59. The molecule has 1 aromatic rings. The van der Waals surface area contributed by atoms with Gasteiger partial charge >= 0.3 is 0 Å². The molecule has 4 heteroatoms. The molecule has 0 aliphatic carbocycles. The molecular weight excluding hydrogens is 188 g/mol. The first-order valence-electron chi connectivity index (χ1n) is 5.00. The fourth-order valence-corrected chi connectivity index (χ4v) is 1.25. The molecule has 1 heterocycles. The maximum absolute atomic E-state index is 8.95. The molecule has 0 saturated heterocycles. The summed E-state index contributed by atoms with van der Waals surface area (Å²) in [6, 6.07) is 4.13. The molecule has 0 aromatic carbocycles. The lowest BCUT2D eigenvalue weighted by atomic mass is 10.1. The molecule has 0 aliphatic heterocycles. The van der Waals surface area contributed by atoms with Gasteiger partial charge in [0.2, 0.25) is 0 Å². The Labute approximate surface area is 90.1 Å². The number of nitrogens with zero attached hydrogens (tertiary/aromatic N) is 2. The van der Waals surface area contributed by atoms with Crippen molar-refractivity contribution in [1.29, 1.82) is 5.26 Å². The van der Waals surface area contributed by atoms with E-state index in [0.29, 0.717) is 11.4 Å². The molecule has 0 spiro atoms. The zero-order valence-electron chi connectivity index (χ0n) is 9.12. The van der Waals surface area contributed by atoms with Crippen LogP contribution in [0.4, 0.5) is 5.82 Å². The summed E-state index contributed by atoms with van der Waals surface area (Å²) < 4.78 is 0. The Kier molecular flexibility index (Phi) is 4.07. The minimum Gasteiger partial charge on any atom is -0.369 e. The molecule has 3 N–H and O–H groups in total. The number of nitrogens with two attached hydrogens (primary N) is 1. The van der Waals surface area contributed by atoms with E-state index < -0.39 is 0 Å². The van der Waals surface area contributed by atoms with Gasteiger partial charge in [-0.3, -0.25) is 0 Å². The van der Waals surface area contributed by atoms with Gasteiger partial charge in [0.05, 0.1) is 5.56 Å². The van der Waals surface area contributed by atoms with Crippen molar-refractivity contribution < 1.29 is 0 Å². The van der Waals surface area contributed by atoms with Gasteiger partial charge in [0.1, 0.15) is 11.9 Å². The molecule has 0 radical (unpaired) electrons. The van der Waals surface area contributed by atoms with Gasteiger partial charge in [-0.2, -0.15) is 5.26 Å². The van der Waals surface area contributed by atoms with E-state index in [1.807, 2.05) is 19.9 Å². The Bertz CT molecular complexity index is 365. The van der Waals surface area contributed by atoms with E-state index in [4.69, 9.17) is 11.0 Å². The van der Waals surface area contributed by atoms with Crippen LogP contribution in [0.25, 0.3) is 0 Å². The molecule has 0 amide bonds. The first-order chi connectivity index (χ1) is 7.15. The Morgan fingerprint density at radius 1 is 1.67 bits per heavy atom. The summed E-state index contributed by atoms with van der Waals surface area (Å²) in [4.78, 5) is 4.13. The first kappa shape index (κ1) is 11.5. The lowest BCUT2D eigenvalue weighted by molar-refractivity contribution is 0.689. The summed E-state index contributed by atoms with van der Waals surface area (Å²) in [6.07, 6.45) is 2.56. The SMILES string of the molecule is Cc1ccnc(NCCC(C)N)c1C#N. The number of pyridine rings is 1. The summed E-state index contributed by atoms with van der Waals surface area (Å²) in [5, 5.41) is 12.1. The summed E-state index contributed by atoms with van der Waals surface area (Å²) in [5.41, 5.74) is 7.19. The maximum Gasteiger partial charge on any atom is 0.144 e. The van der Waals surface area contributed by atoms with Crippen molar-refractivity contribution in [2.24, 2.45) is 5.73 Å². The topological polar surface area (TPSA) is 74.7 Å². The highest BCUT2D eigenvalue weighted by molar-refractivity contribution is 5.55. The molecule has 1 aromatic heterocycles. The van der Waals surface area contributed by atoms with Crippen LogP contribution in [0.2, 0.25) is 0 Å². The molecule has 4 nitrogen and oxygen atoms in total. The minimum absolute atomic E-state index is 0.160. The van der Waals surface area contributed by atoms with Gasteiger partial charge in [0.25, 0.3) is 0 Å². The summed E-state index contributed by atoms with van der Waals surface area (Å²) in [7, 11) is 0. The zero-order valence-corrected chi connectivity index (χ0v) is 9.12. The molecule has 1 unspecified atom stereocenters. The van der Waals surface area contributed by atoms with Crippen LogP contribution in [-0.4, -0.2) is 17.6 Å². The van der Waals surface area contributed by atoms with Gasteiger partial charge in [-0.1, -0.05) is 0 Å². The Balaban J connectivity index is 2.69. The molecular formula is C11H16N4. The second-order valence-corrected chi connectivity index (χ2v) is 3.66. The number of hydrogen-bond acceptors (Lipinski definition) is 4. The van der Waals surface area contributed by atoms with Crippen molar-refractivity contribution >= 4 is 5.82 Å². The van der Waals surface area contributed by atoms with Crippen molar-refractivity contribution in [2.45, 2.75) is 26.3 Å². The van der Waals surface area contributed by atoms with Gasteiger partial charge in [0, 0.05) is 18.8 Å². The van der Waals surface area contributed by atoms with Gasteiger partial charge in [-0.25, -0.2) is 4.98 Å². The zero-order chi connectivity index (χ0) is 11.3. The number of hydrogen-bond donors (Lipinski definition) is 2. The van der Waals surface area contributed by atoms with Crippen LogP contribution < -0.4 is 11.1 Å². The van der Waals surface area contributed by atoms with E-state index in [1.165, 1.54) is 0 Å². The molecule has 15 heavy (non-hydrogen) atoms. The third kappa shape index (κ3) is 3.22. The van der Waals surface area contributed by atoms with Crippen LogP contribution in [0.3, 0.4) is 0 Å². The van der Waals surface area contributed by atoms with E-state index in [2.05, 4.69) is 16.4 Å². The van der Waals surface area contributed by atoms with Crippen LogP contribution in [0.5, 0.6) is 0 Å². The van der Waals surface area contributed by atoms with Gasteiger partial charge in [-0.05, 0) is 31.9 Å².